The highest BCUT2D eigenvalue weighted by atomic mass is 79.9. The van der Waals surface area contributed by atoms with E-state index in [1.54, 1.807) is 12.1 Å². The van der Waals surface area contributed by atoms with Crippen molar-refractivity contribution in [2.75, 3.05) is 5.32 Å². The molecule has 1 saturated carbocycles. The molecule has 0 spiro atoms. The monoisotopic (exact) mass is 314 g/mol. The Kier molecular flexibility index (Phi) is 3.33. The van der Waals surface area contributed by atoms with Crippen molar-refractivity contribution < 1.29 is 10.0 Å². The first kappa shape index (κ1) is 13.3. The standard InChI is InChI=1S/C12H15BrN2O3/c1-12(2)10(6-11(12)16)14-7-3-4-8(13)9(5-7)15(17)18/h3-5,10-11,14,16H,6H2,1-2H3. The van der Waals surface area contributed by atoms with Crippen LogP contribution in [-0.2, 0) is 0 Å². The molecule has 0 heterocycles. The second-order valence-corrected chi connectivity index (χ2v) is 6.05. The fourth-order valence-corrected chi connectivity index (χ4v) is 2.48. The van der Waals surface area contributed by atoms with Gasteiger partial charge in [-0.2, -0.15) is 0 Å². The highest BCUT2D eigenvalue weighted by Gasteiger charge is 2.47. The number of anilines is 1. The zero-order valence-corrected chi connectivity index (χ0v) is 11.8. The molecule has 2 rings (SSSR count). The number of rotatable bonds is 3. The van der Waals surface area contributed by atoms with Gasteiger partial charge in [-0.05, 0) is 34.5 Å². The van der Waals surface area contributed by atoms with E-state index in [1.807, 2.05) is 13.8 Å². The molecule has 2 N–H and O–H groups in total. The van der Waals surface area contributed by atoms with Gasteiger partial charge in [0, 0.05) is 23.2 Å². The molecule has 2 unspecified atom stereocenters. The normalized spacial score (nSPS) is 25.3. The van der Waals surface area contributed by atoms with Crippen LogP contribution in [0, 0.1) is 15.5 Å². The Hall–Kier alpha value is -1.14. The van der Waals surface area contributed by atoms with Crippen molar-refractivity contribution in [3.05, 3.63) is 32.8 Å². The van der Waals surface area contributed by atoms with Gasteiger partial charge in [-0.3, -0.25) is 10.1 Å². The molecule has 0 radical (unpaired) electrons. The third-order valence-electron chi connectivity index (χ3n) is 3.70. The summed E-state index contributed by atoms with van der Waals surface area (Å²) in [6.45, 7) is 3.96. The molecule has 18 heavy (non-hydrogen) atoms. The highest BCUT2D eigenvalue weighted by Crippen LogP contribution is 2.42. The van der Waals surface area contributed by atoms with Gasteiger partial charge in [-0.25, -0.2) is 0 Å². The maximum Gasteiger partial charge on any atom is 0.285 e. The van der Waals surface area contributed by atoms with Crippen molar-refractivity contribution in [1.82, 2.24) is 0 Å². The molecular weight excluding hydrogens is 300 g/mol. The number of nitrogens with one attached hydrogen (secondary N) is 1. The van der Waals surface area contributed by atoms with E-state index in [9.17, 15) is 15.2 Å². The number of aliphatic hydroxyl groups is 1. The molecule has 5 nitrogen and oxygen atoms in total. The maximum absolute atomic E-state index is 10.8. The van der Waals surface area contributed by atoms with Crippen LogP contribution >= 0.6 is 15.9 Å². The predicted molar refractivity (Wildman–Crippen MR) is 72.6 cm³/mol. The Balaban J connectivity index is 2.16. The van der Waals surface area contributed by atoms with Crippen molar-refractivity contribution in [3.63, 3.8) is 0 Å². The lowest BCUT2D eigenvalue weighted by molar-refractivity contribution is -0.385. The molecule has 1 aromatic rings. The van der Waals surface area contributed by atoms with Gasteiger partial charge in [0.15, 0.2) is 0 Å². The number of hydrogen-bond donors (Lipinski definition) is 2. The van der Waals surface area contributed by atoms with Gasteiger partial charge in [0.25, 0.3) is 5.69 Å². The Labute approximate surface area is 113 Å². The summed E-state index contributed by atoms with van der Waals surface area (Å²) in [4.78, 5) is 10.4. The van der Waals surface area contributed by atoms with E-state index in [0.29, 0.717) is 16.6 Å². The summed E-state index contributed by atoms with van der Waals surface area (Å²) < 4.78 is 0.464. The fourth-order valence-electron chi connectivity index (χ4n) is 2.09. The molecule has 1 aromatic carbocycles. The number of nitro benzene ring substituents is 1. The lowest BCUT2D eigenvalue weighted by Gasteiger charge is -2.49. The molecule has 0 aromatic heterocycles. The highest BCUT2D eigenvalue weighted by molar-refractivity contribution is 9.10. The average Bonchev–Trinajstić information content (AvgIpc) is 2.30. The van der Waals surface area contributed by atoms with E-state index in [0.717, 1.165) is 0 Å². The van der Waals surface area contributed by atoms with Gasteiger partial charge in [0.05, 0.1) is 15.5 Å². The lowest BCUT2D eigenvalue weighted by Crippen LogP contribution is -2.56. The lowest BCUT2D eigenvalue weighted by atomic mass is 9.64. The third-order valence-corrected chi connectivity index (χ3v) is 4.37. The van der Waals surface area contributed by atoms with Crippen LogP contribution in [-0.4, -0.2) is 22.2 Å². The Morgan fingerprint density at radius 3 is 2.72 bits per heavy atom. The quantitative estimate of drug-likeness (QED) is 0.664. The van der Waals surface area contributed by atoms with Gasteiger partial charge < -0.3 is 10.4 Å². The second kappa shape index (κ2) is 4.51. The van der Waals surface area contributed by atoms with Gasteiger partial charge in [0.1, 0.15) is 0 Å². The van der Waals surface area contributed by atoms with Crippen molar-refractivity contribution in [1.29, 1.82) is 0 Å². The minimum absolute atomic E-state index is 0.0395. The first-order valence-corrected chi connectivity index (χ1v) is 6.50. The van der Waals surface area contributed by atoms with E-state index in [2.05, 4.69) is 21.2 Å². The molecule has 1 aliphatic carbocycles. The Morgan fingerprint density at radius 2 is 2.22 bits per heavy atom. The Bertz CT molecular complexity index is 490. The van der Waals surface area contributed by atoms with Gasteiger partial charge in [-0.1, -0.05) is 13.8 Å². The van der Waals surface area contributed by atoms with E-state index in [1.165, 1.54) is 6.07 Å². The first-order chi connectivity index (χ1) is 8.32. The number of halogens is 1. The molecule has 98 valence electrons. The summed E-state index contributed by atoms with van der Waals surface area (Å²) in [5, 5.41) is 23.7. The zero-order chi connectivity index (χ0) is 13.5. The molecule has 0 bridgehead atoms. The van der Waals surface area contributed by atoms with Crippen LogP contribution in [0.2, 0.25) is 0 Å². The second-order valence-electron chi connectivity index (χ2n) is 5.19. The van der Waals surface area contributed by atoms with Gasteiger partial charge >= 0.3 is 0 Å². The zero-order valence-electron chi connectivity index (χ0n) is 10.2. The summed E-state index contributed by atoms with van der Waals surface area (Å²) in [5.74, 6) is 0. The summed E-state index contributed by atoms with van der Waals surface area (Å²) in [5.41, 5.74) is 0.537. The maximum atomic E-state index is 10.8. The van der Waals surface area contributed by atoms with Crippen molar-refractivity contribution in [3.8, 4) is 0 Å². The van der Waals surface area contributed by atoms with Crippen molar-refractivity contribution in [2.24, 2.45) is 5.41 Å². The number of nitrogens with zero attached hydrogens (tertiary/aromatic N) is 1. The van der Waals surface area contributed by atoms with Gasteiger partial charge in [-0.15, -0.1) is 0 Å². The largest absolute Gasteiger partial charge is 0.392 e. The number of nitro groups is 1. The van der Waals surface area contributed by atoms with Crippen LogP contribution < -0.4 is 5.32 Å². The molecule has 0 amide bonds. The molecule has 6 heteroatoms. The van der Waals surface area contributed by atoms with Crippen LogP contribution in [0.15, 0.2) is 22.7 Å². The predicted octanol–water partition coefficient (Wildman–Crippen LogP) is 2.93. The number of aliphatic hydroxyl groups excluding tert-OH is 1. The third kappa shape index (κ3) is 2.22. The summed E-state index contributed by atoms with van der Waals surface area (Å²) in [6, 6.07) is 5.08. The molecule has 0 saturated heterocycles. The number of hydrogen-bond acceptors (Lipinski definition) is 4. The van der Waals surface area contributed by atoms with E-state index >= 15 is 0 Å². The molecule has 1 aliphatic rings. The molecular formula is C12H15BrN2O3. The molecule has 2 atom stereocenters. The smallest absolute Gasteiger partial charge is 0.285 e. The minimum Gasteiger partial charge on any atom is -0.392 e. The fraction of sp³-hybridized carbons (Fsp3) is 0.500. The van der Waals surface area contributed by atoms with E-state index in [-0.39, 0.29) is 23.2 Å². The van der Waals surface area contributed by atoms with Crippen LogP contribution in [0.25, 0.3) is 0 Å². The SMILES string of the molecule is CC1(C)C(O)CC1Nc1ccc(Br)c([N+](=O)[O-])c1. The van der Waals surface area contributed by atoms with Gasteiger partial charge in [0.2, 0.25) is 0 Å². The molecule has 1 fully saturated rings. The van der Waals surface area contributed by atoms with Crippen molar-refractivity contribution >= 4 is 27.3 Å². The van der Waals surface area contributed by atoms with Crippen LogP contribution in [0.3, 0.4) is 0 Å². The van der Waals surface area contributed by atoms with Crippen molar-refractivity contribution in [2.45, 2.75) is 32.4 Å². The average molecular weight is 315 g/mol. The van der Waals surface area contributed by atoms with E-state index < -0.39 is 4.92 Å². The number of benzene rings is 1. The van der Waals surface area contributed by atoms with E-state index in [4.69, 9.17) is 0 Å². The summed E-state index contributed by atoms with van der Waals surface area (Å²) >= 11 is 3.15. The summed E-state index contributed by atoms with van der Waals surface area (Å²) in [7, 11) is 0. The van der Waals surface area contributed by atoms with Crippen LogP contribution in [0.4, 0.5) is 11.4 Å². The molecule has 0 aliphatic heterocycles. The first-order valence-electron chi connectivity index (χ1n) is 5.71. The Morgan fingerprint density at radius 1 is 1.56 bits per heavy atom. The van der Waals surface area contributed by atoms with Crippen LogP contribution in [0.1, 0.15) is 20.3 Å². The topological polar surface area (TPSA) is 75.4 Å². The minimum atomic E-state index is -0.421. The summed E-state index contributed by atoms with van der Waals surface area (Å²) in [6.07, 6.45) is 0.345. The van der Waals surface area contributed by atoms with Crippen LogP contribution in [0.5, 0.6) is 0 Å².